The van der Waals surface area contributed by atoms with Crippen molar-refractivity contribution in [1.29, 1.82) is 0 Å². The van der Waals surface area contributed by atoms with Gasteiger partial charge in [0.05, 0.1) is 16.9 Å². The number of rotatable bonds is 1. The molecule has 0 saturated heterocycles. The first-order valence-electron chi connectivity index (χ1n) is 4.45. The Kier molecular flexibility index (Phi) is 5.46. The minimum atomic E-state index is -1.07. The number of hydrogen-bond donors (Lipinski definition) is 4. The maximum Gasteiger partial charge on any atom is 0.337 e. The van der Waals surface area contributed by atoms with Crippen molar-refractivity contribution >= 4 is 39.2 Å². The Morgan fingerprint density at radius 1 is 1.24 bits per heavy atom. The van der Waals surface area contributed by atoms with Crippen molar-refractivity contribution in [3.63, 3.8) is 0 Å². The van der Waals surface area contributed by atoms with E-state index < -0.39 is 11.9 Å². The molecule has 0 atom stereocenters. The van der Waals surface area contributed by atoms with Crippen LogP contribution < -0.4 is 11.5 Å². The molecule has 0 spiro atoms. The topological polar surface area (TPSA) is 127 Å². The van der Waals surface area contributed by atoms with E-state index in [9.17, 15) is 4.79 Å². The lowest BCUT2D eigenvalue weighted by molar-refractivity contribution is -0.134. The molecular formula is C10H13BrN2O4. The van der Waals surface area contributed by atoms with Gasteiger partial charge in [-0.1, -0.05) is 0 Å². The monoisotopic (exact) mass is 304 g/mol. The number of nitrogen functional groups attached to an aromatic ring is 2. The summed E-state index contributed by atoms with van der Waals surface area (Å²) in [5.41, 5.74) is 12.3. The molecule has 0 saturated carbocycles. The van der Waals surface area contributed by atoms with Gasteiger partial charge < -0.3 is 21.7 Å². The summed E-state index contributed by atoms with van der Waals surface area (Å²) in [6.45, 7) is 2.84. The van der Waals surface area contributed by atoms with E-state index in [0.29, 0.717) is 4.47 Å². The molecule has 17 heavy (non-hydrogen) atoms. The number of nitrogens with two attached hydrogens (primary N) is 2. The van der Waals surface area contributed by atoms with Crippen molar-refractivity contribution in [2.45, 2.75) is 13.8 Å². The number of aliphatic carboxylic acids is 1. The molecule has 0 heterocycles. The third-order valence-corrected chi connectivity index (χ3v) is 2.81. The van der Waals surface area contributed by atoms with Crippen molar-refractivity contribution < 1.29 is 19.8 Å². The second-order valence-electron chi connectivity index (χ2n) is 3.21. The Hall–Kier alpha value is -1.76. The predicted molar refractivity (Wildman–Crippen MR) is 68.0 cm³/mol. The van der Waals surface area contributed by atoms with Gasteiger partial charge in [0.1, 0.15) is 0 Å². The van der Waals surface area contributed by atoms with Crippen molar-refractivity contribution in [3.05, 3.63) is 21.7 Å². The molecule has 0 unspecified atom stereocenters. The Morgan fingerprint density at radius 3 is 2.00 bits per heavy atom. The molecule has 0 aromatic heterocycles. The van der Waals surface area contributed by atoms with Crippen LogP contribution in [0.1, 0.15) is 22.8 Å². The molecule has 1 aromatic rings. The van der Waals surface area contributed by atoms with E-state index in [-0.39, 0.29) is 16.9 Å². The number of carboxylic acids is 2. The zero-order valence-corrected chi connectivity index (χ0v) is 10.9. The fourth-order valence-electron chi connectivity index (χ4n) is 1.01. The molecule has 0 bridgehead atoms. The van der Waals surface area contributed by atoms with Gasteiger partial charge in [-0.15, -0.1) is 0 Å². The van der Waals surface area contributed by atoms with E-state index in [1.54, 1.807) is 6.92 Å². The molecular weight excluding hydrogens is 292 g/mol. The van der Waals surface area contributed by atoms with Gasteiger partial charge in [0, 0.05) is 11.4 Å². The minimum Gasteiger partial charge on any atom is -0.481 e. The van der Waals surface area contributed by atoms with Gasteiger partial charge in [-0.2, -0.15) is 0 Å². The first-order valence-corrected chi connectivity index (χ1v) is 5.24. The molecule has 1 aromatic carbocycles. The van der Waals surface area contributed by atoms with Gasteiger partial charge in [-0.05, 0) is 34.5 Å². The number of aryl methyl sites for hydroxylation is 1. The van der Waals surface area contributed by atoms with Crippen molar-refractivity contribution in [2.75, 3.05) is 11.5 Å². The highest BCUT2D eigenvalue weighted by Crippen LogP contribution is 2.31. The van der Waals surface area contributed by atoms with Gasteiger partial charge in [0.15, 0.2) is 0 Å². The van der Waals surface area contributed by atoms with Gasteiger partial charge in [0.25, 0.3) is 5.97 Å². The van der Waals surface area contributed by atoms with Gasteiger partial charge in [-0.3, -0.25) is 4.79 Å². The van der Waals surface area contributed by atoms with Crippen LogP contribution in [0, 0.1) is 6.92 Å². The number of carboxylic acid groups (broad SMARTS) is 2. The summed E-state index contributed by atoms with van der Waals surface area (Å²) >= 11 is 3.22. The Balaban J connectivity index is 0.000000557. The van der Waals surface area contributed by atoms with Crippen LogP contribution in [0.3, 0.4) is 0 Å². The van der Waals surface area contributed by atoms with Gasteiger partial charge in [0.2, 0.25) is 0 Å². The number of benzene rings is 1. The third-order valence-electron chi connectivity index (χ3n) is 1.75. The van der Waals surface area contributed by atoms with E-state index in [0.717, 1.165) is 12.5 Å². The maximum atomic E-state index is 10.7. The normalized spacial score (nSPS) is 9.12. The quantitative estimate of drug-likeness (QED) is 0.585. The van der Waals surface area contributed by atoms with E-state index in [1.165, 1.54) is 6.07 Å². The average Bonchev–Trinajstić information content (AvgIpc) is 2.19. The molecule has 0 aliphatic heterocycles. The minimum absolute atomic E-state index is 0.0400. The number of aromatic carboxylic acids is 1. The Bertz CT molecular complexity index is 456. The van der Waals surface area contributed by atoms with Crippen molar-refractivity contribution in [1.82, 2.24) is 0 Å². The Labute approximate surface area is 106 Å². The lowest BCUT2D eigenvalue weighted by atomic mass is 10.1. The van der Waals surface area contributed by atoms with Gasteiger partial charge >= 0.3 is 5.97 Å². The molecule has 0 aliphatic rings. The molecule has 1 rings (SSSR count). The highest BCUT2D eigenvalue weighted by atomic mass is 79.9. The molecule has 7 heteroatoms. The number of anilines is 2. The van der Waals surface area contributed by atoms with E-state index in [1.807, 2.05) is 0 Å². The summed E-state index contributed by atoms with van der Waals surface area (Å²) in [4.78, 5) is 19.7. The summed E-state index contributed by atoms with van der Waals surface area (Å²) in [6, 6.07) is 1.48. The summed E-state index contributed by atoms with van der Waals surface area (Å²) in [6.07, 6.45) is 0. The van der Waals surface area contributed by atoms with Crippen molar-refractivity contribution in [3.8, 4) is 0 Å². The smallest absolute Gasteiger partial charge is 0.337 e. The zero-order chi connectivity index (χ0) is 13.7. The van der Waals surface area contributed by atoms with Crippen LogP contribution in [0.2, 0.25) is 0 Å². The summed E-state index contributed by atoms with van der Waals surface area (Å²) in [5, 5.41) is 16.2. The Morgan fingerprint density at radius 2 is 1.65 bits per heavy atom. The van der Waals surface area contributed by atoms with Crippen LogP contribution in [-0.2, 0) is 4.79 Å². The maximum absolute atomic E-state index is 10.7. The number of halogens is 1. The van der Waals surface area contributed by atoms with E-state index in [4.69, 9.17) is 26.5 Å². The third kappa shape index (κ3) is 4.31. The average molecular weight is 305 g/mol. The second-order valence-corrected chi connectivity index (χ2v) is 4.00. The number of carbonyl (C=O) groups is 2. The molecule has 0 amide bonds. The van der Waals surface area contributed by atoms with Crippen LogP contribution in [0.4, 0.5) is 11.4 Å². The molecule has 0 fully saturated rings. The lowest BCUT2D eigenvalue weighted by Crippen LogP contribution is -2.07. The SMILES string of the molecule is CC(=O)O.Cc1cc(C(=O)O)c(N)c(N)c1Br. The zero-order valence-electron chi connectivity index (χ0n) is 9.32. The highest BCUT2D eigenvalue weighted by Gasteiger charge is 2.14. The number of hydrogen-bond acceptors (Lipinski definition) is 4. The fraction of sp³-hybridized carbons (Fsp3) is 0.200. The molecule has 0 radical (unpaired) electrons. The summed E-state index contributed by atoms with van der Waals surface area (Å²) < 4.78 is 0.648. The van der Waals surface area contributed by atoms with Gasteiger partial charge in [-0.25, -0.2) is 4.79 Å². The first-order chi connectivity index (χ1) is 7.68. The van der Waals surface area contributed by atoms with Crippen molar-refractivity contribution in [2.24, 2.45) is 0 Å². The van der Waals surface area contributed by atoms with E-state index >= 15 is 0 Å². The summed E-state index contributed by atoms with van der Waals surface area (Å²) in [5.74, 6) is -1.90. The van der Waals surface area contributed by atoms with Crippen LogP contribution in [0.25, 0.3) is 0 Å². The van der Waals surface area contributed by atoms with Crippen LogP contribution in [-0.4, -0.2) is 22.2 Å². The predicted octanol–water partition coefficient (Wildman–Crippen LogP) is 1.71. The molecule has 94 valence electrons. The first kappa shape index (κ1) is 15.2. The largest absolute Gasteiger partial charge is 0.481 e. The van der Waals surface area contributed by atoms with Crippen LogP contribution in [0.5, 0.6) is 0 Å². The van der Waals surface area contributed by atoms with Crippen LogP contribution >= 0.6 is 15.9 Å². The lowest BCUT2D eigenvalue weighted by Gasteiger charge is -2.09. The highest BCUT2D eigenvalue weighted by molar-refractivity contribution is 9.10. The van der Waals surface area contributed by atoms with Crippen LogP contribution in [0.15, 0.2) is 10.5 Å². The molecule has 6 nitrogen and oxygen atoms in total. The standard InChI is InChI=1S/C8H9BrN2O2.C2H4O2/c1-3-2-4(8(12)13)6(10)7(11)5(3)9;1-2(3)4/h2H,10-11H2,1H3,(H,12,13);1H3,(H,3,4). The second kappa shape index (κ2) is 6.09. The molecule has 0 aliphatic carbocycles. The summed E-state index contributed by atoms with van der Waals surface area (Å²) in [7, 11) is 0. The fourth-order valence-corrected chi connectivity index (χ4v) is 1.34. The molecule has 6 N–H and O–H groups in total. The van der Waals surface area contributed by atoms with E-state index in [2.05, 4.69) is 15.9 Å².